The topological polar surface area (TPSA) is 32.3 Å². The Morgan fingerprint density at radius 1 is 1.43 bits per heavy atom. The van der Waals surface area contributed by atoms with Crippen molar-refractivity contribution in [2.24, 2.45) is 17.8 Å². The van der Waals surface area contributed by atoms with Crippen molar-refractivity contribution in [2.75, 3.05) is 19.7 Å². The normalized spacial score (nSPS) is 30.2. The molecular weight excluding hydrogens is 174 g/mol. The molecule has 0 radical (unpaired) electrons. The fraction of sp³-hybridized carbons (Fsp3) is 1.00. The minimum Gasteiger partial charge on any atom is -0.396 e. The zero-order valence-electron chi connectivity index (χ0n) is 9.63. The highest BCUT2D eigenvalue weighted by atomic mass is 16.3. The maximum Gasteiger partial charge on any atom is 0.0468 e. The van der Waals surface area contributed by atoms with Crippen LogP contribution in [0.25, 0.3) is 0 Å². The molecule has 3 unspecified atom stereocenters. The summed E-state index contributed by atoms with van der Waals surface area (Å²) < 4.78 is 0. The molecule has 2 nitrogen and oxygen atoms in total. The first-order valence-corrected chi connectivity index (χ1v) is 6.04. The van der Waals surface area contributed by atoms with Gasteiger partial charge in [0, 0.05) is 6.61 Å². The van der Waals surface area contributed by atoms with E-state index in [1.165, 1.54) is 25.7 Å². The number of nitrogens with one attached hydrogen (secondary N) is 1. The monoisotopic (exact) mass is 199 g/mol. The number of hydrogen-bond donors (Lipinski definition) is 2. The highest BCUT2D eigenvalue weighted by Gasteiger charge is 2.18. The van der Waals surface area contributed by atoms with Crippen molar-refractivity contribution >= 4 is 0 Å². The fourth-order valence-corrected chi connectivity index (χ4v) is 2.34. The van der Waals surface area contributed by atoms with Gasteiger partial charge in [-0.25, -0.2) is 0 Å². The van der Waals surface area contributed by atoms with E-state index in [0.29, 0.717) is 12.5 Å². The Labute approximate surface area is 88.1 Å². The van der Waals surface area contributed by atoms with Crippen molar-refractivity contribution < 1.29 is 5.11 Å². The Kier molecular flexibility index (Phi) is 5.49. The molecule has 1 rings (SSSR count). The van der Waals surface area contributed by atoms with Gasteiger partial charge in [0.2, 0.25) is 0 Å². The average Bonchev–Trinajstić information content (AvgIpc) is 2.17. The van der Waals surface area contributed by atoms with Gasteiger partial charge in [0.15, 0.2) is 0 Å². The summed E-state index contributed by atoms with van der Waals surface area (Å²) in [4.78, 5) is 0. The Bertz CT molecular complexity index is 149. The predicted octanol–water partition coefficient (Wildman–Crippen LogP) is 2.03. The van der Waals surface area contributed by atoms with Gasteiger partial charge in [-0.2, -0.15) is 0 Å². The first-order chi connectivity index (χ1) is 6.72. The third kappa shape index (κ3) is 4.43. The predicted molar refractivity (Wildman–Crippen MR) is 60.2 cm³/mol. The molecule has 2 N–H and O–H groups in total. The quantitative estimate of drug-likeness (QED) is 0.710. The van der Waals surface area contributed by atoms with Crippen molar-refractivity contribution in [1.29, 1.82) is 0 Å². The molecule has 0 aromatic rings. The fourth-order valence-electron chi connectivity index (χ4n) is 2.34. The Balaban J connectivity index is 2.05. The summed E-state index contributed by atoms with van der Waals surface area (Å²) in [7, 11) is 0. The van der Waals surface area contributed by atoms with Crippen LogP contribution in [-0.2, 0) is 0 Å². The SMILES string of the molecule is CC(CO)CNCC1CCCC(C)C1. The summed E-state index contributed by atoms with van der Waals surface area (Å²) >= 11 is 0. The Hall–Kier alpha value is -0.0800. The largest absolute Gasteiger partial charge is 0.396 e. The van der Waals surface area contributed by atoms with Gasteiger partial charge in [0.1, 0.15) is 0 Å². The summed E-state index contributed by atoms with van der Waals surface area (Å²) in [6.45, 7) is 6.85. The minimum atomic E-state index is 0.300. The summed E-state index contributed by atoms with van der Waals surface area (Å²) in [5.74, 6) is 2.20. The van der Waals surface area contributed by atoms with Gasteiger partial charge in [0.25, 0.3) is 0 Å². The minimum absolute atomic E-state index is 0.300. The van der Waals surface area contributed by atoms with Crippen LogP contribution in [0.1, 0.15) is 39.5 Å². The molecule has 14 heavy (non-hydrogen) atoms. The molecule has 0 aliphatic heterocycles. The Morgan fingerprint density at radius 3 is 2.86 bits per heavy atom. The number of hydrogen-bond acceptors (Lipinski definition) is 2. The van der Waals surface area contributed by atoms with E-state index in [-0.39, 0.29) is 0 Å². The van der Waals surface area contributed by atoms with E-state index >= 15 is 0 Å². The number of aliphatic hydroxyl groups excluding tert-OH is 1. The van der Waals surface area contributed by atoms with E-state index in [0.717, 1.165) is 24.9 Å². The van der Waals surface area contributed by atoms with Crippen LogP contribution in [0, 0.1) is 17.8 Å². The Morgan fingerprint density at radius 2 is 2.21 bits per heavy atom. The van der Waals surface area contributed by atoms with E-state index in [9.17, 15) is 0 Å². The third-order valence-corrected chi connectivity index (χ3v) is 3.28. The van der Waals surface area contributed by atoms with Crippen molar-refractivity contribution in [3.63, 3.8) is 0 Å². The van der Waals surface area contributed by atoms with Gasteiger partial charge in [0.05, 0.1) is 0 Å². The lowest BCUT2D eigenvalue weighted by Crippen LogP contribution is -2.30. The van der Waals surface area contributed by atoms with Crippen LogP contribution in [0.4, 0.5) is 0 Å². The zero-order chi connectivity index (χ0) is 10.4. The van der Waals surface area contributed by atoms with E-state index in [2.05, 4.69) is 19.2 Å². The second-order valence-corrected chi connectivity index (χ2v) is 5.08. The molecular formula is C12H25NO. The van der Waals surface area contributed by atoms with Crippen LogP contribution in [0.15, 0.2) is 0 Å². The lowest BCUT2D eigenvalue weighted by Gasteiger charge is -2.27. The molecule has 0 aromatic carbocycles. The van der Waals surface area contributed by atoms with Crippen molar-refractivity contribution in [2.45, 2.75) is 39.5 Å². The van der Waals surface area contributed by atoms with Crippen molar-refractivity contribution in [3.05, 3.63) is 0 Å². The molecule has 0 spiro atoms. The lowest BCUT2D eigenvalue weighted by atomic mass is 9.82. The molecule has 0 amide bonds. The van der Waals surface area contributed by atoms with E-state index < -0.39 is 0 Å². The smallest absolute Gasteiger partial charge is 0.0468 e. The molecule has 1 saturated carbocycles. The summed E-state index contributed by atoms with van der Waals surface area (Å²) in [6.07, 6.45) is 5.61. The maximum atomic E-state index is 8.87. The van der Waals surface area contributed by atoms with Crippen LogP contribution >= 0.6 is 0 Å². The molecule has 84 valence electrons. The molecule has 1 fully saturated rings. The summed E-state index contributed by atoms with van der Waals surface area (Å²) in [6, 6.07) is 0. The lowest BCUT2D eigenvalue weighted by molar-refractivity contribution is 0.224. The molecule has 0 saturated heterocycles. The molecule has 2 heteroatoms. The van der Waals surface area contributed by atoms with E-state index in [1.807, 2.05) is 0 Å². The second-order valence-electron chi connectivity index (χ2n) is 5.08. The summed E-state index contributed by atoms with van der Waals surface area (Å²) in [5, 5.41) is 12.3. The standard InChI is InChI=1S/C12H25NO/c1-10-4-3-5-12(6-10)8-13-7-11(2)9-14/h10-14H,3-9H2,1-2H3. The van der Waals surface area contributed by atoms with Gasteiger partial charge < -0.3 is 10.4 Å². The first-order valence-electron chi connectivity index (χ1n) is 6.04. The maximum absolute atomic E-state index is 8.87. The van der Waals surface area contributed by atoms with Crippen LogP contribution in [0.5, 0.6) is 0 Å². The van der Waals surface area contributed by atoms with Crippen molar-refractivity contribution in [3.8, 4) is 0 Å². The molecule has 3 atom stereocenters. The van der Waals surface area contributed by atoms with Crippen LogP contribution in [-0.4, -0.2) is 24.8 Å². The van der Waals surface area contributed by atoms with Crippen molar-refractivity contribution in [1.82, 2.24) is 5.32 Å². The molecule has 0 heterocycles. The molecule has 0 aromatic heterocycles. The van der Waals surface area contributed by atoms with Gasteiger partial charge >= 0.3 is 0 Å². The molecule has 1 aliphatic carbocycles. The average molecular weight is 199 g/mol. The van der Waals surface area contributed by atoms with Gasteiger partial charge in [-0.05, 0) is 43.7 Å². The van der Waals surface area contributed by atoms with Crippen LogP contribution in [0.3, 0.4) is 0 Å². The highest BCUT2D eigenvalue weighted by molar-refractivity contribution is 4.72. The van der Waals surface area contributed by atoms with Gasteiger partial charge in [-0.3, -0.25) is 0 Å². The van der Waals surface area contributed by atoms with Crippen LogP contribution in [0.2, 0.25) is 0 Å². The number of aliphatic hydroxyl groups is 1. The van der Waals surface area contributed by atoms with Gasteiger partial charge in [-0.15, -0.1) is 0 Å². The zero-order valence-corrected chi connectivity index (χ0v) is 9.63. The van der Waals surface area contributed by atoms with Gasteiger partial charge in [-0.1, -0.05) is 26.7 Å². The summed E-state index contributed by atoms with van der Waals surface area (Å²) in [5.41, 5.74) is 0. The first kappa shape index (κ1) is 12.0. The van der Waals surface area contributed by atoms with E-state index in [4.69, 9.17) is 5.11 Å². The van der Waals surface area contributed by atoms with E-state index in [1.54, 1.807) is 0 Å². The molecule has 1 aliphatic rings. The number of rotatable bonds is 5. The second kappa shape index (κ2) is 6.41. The molecule has 0 bridgehead atoms. The van der Waals surface area contributed by atoms with Crippen LogP contribution < -0.4 is 5.32 Å². The highest BCUT2D eigenvalue weighted by Crippen LogP contribution is 2.27. The third-order valence-electron chi connectivity index (χ3n) is 3.28.